The molecule has 0 spiro atoms. The Morgan fingerprint density at radius 1 is 1.46 bits per heavy atom. The summed E-state index contributed by atoms with van der Waals surface area (Å²) in [6.07, 6.45) is 2.62. The van der Waals surface area contributed by atoms with E-state index in [0.29, 0.717) is 4.88 Å². The fourth-order valence-electron chi connectivity index (χ4n) is 1.81. The van der Waals surface area contributed by atoms with Crippen molar-refractivity contribution >= 4 is 28.9 Å². The lowest BCUT2D eigenvalue weighted by Gasteiger charge is -2.19. The fourth-order valence-corrected chi connectivity index (χ4v) is 2.65. The number of thiophene rings is 1. The summed E-state index contributed by atoms with van der Waals surface area (Å²) in [6.45, 7) is 1.52. The van der Waals surface area contributed by atoms with Crippen molar-refractivity contribution in [3.63, 3.8) is 0 Å². The second-order valence-corrected chi connectivity index (χ2v) is 6.68. The maximum Gasteiger partial charge on any atom is 0.387 e. The molecule has 0 saturated carbocycles. The Kier molecular flexibility index (Phi) is 4.88. The molecule has 2 heterocycles. The van der Waals surface area contributed by atoms with E-state index in [1.165, 1.54) is 37.0 Å². The molecule has 0 unspecified atom stereocenters. The van der Waals surface area contributed by atoms with Gasteiger partial charge in [0, 0.05) is 11.1 Å². The Hall–Kier alpha value is -2.49. The molecule has 0 fully saturated rings. The number of halogens is 2. The number of carboxylic acid groups (broad SMARTS) is 1. The zero-order chi connectivity index (χ0) is 18.1. The van der Waals surface area contributed by atoms with Crippen molar-refractivity contribution in [2.45, 2.75) is 32.9 Å². The van der Waals surface area contributed by atoms with E-state index in [2.05, 4.69) is 15.2 Å². The average Bonchev–Trinajstić information content (AvgIpc) is 3.05. The van der Waals surface area contributed by atoms with Gasteiger partial charge in [-0.25, -0.2) is 4.79 Å². The van der Waals surface area contributed by atoms with Crippen LogP contribution in [0.3, 0.4) is 0 Å². The van der Waals surface area contributed by atoms with Gasteiger partial charge in [-0.1, -0.05) is 0 Å². The zero-order valence-electron chi connectivity index (χ0n) is 13.0. The predicted octanol–water partition coefficient (Wildman–Crippen LogP) is 2.93. The van der Waals surface area contributed by atoms with E-state index in [-0.39, 0.29) is 16.3 Å². The standard InChI is InChI=1S/C14H15F2N3O4S/c1-7-4-9(23-13(15)16)10(24-7)11(20)18-8-5-17-19(6-8)14(2,3)12(21)22/h4-6,13H,1-3H3,(H,18,20)(H,21,22). The van der Waals surface area contributed by atoms with Crippen LogP contribution in [-0.2, 0) is 10.3 Å². The first-order valence-corrected chi connectivity index (χ1v) is 7.58. The number of alkyl halides is 2. The largest absolute Gasteiger partial charge is 0.479 e. The topological polar surface area (TPSA) is 93.5 Å². The molecular formula is C14H15F2N3O4S. The Bertz CT molecular complexity index is 770. The van der Waals surface area contributed by atoms with Crippen LogP contribution in [0.25, 0.3) is 0 Å². The average molecular weight is 359 g/mol. The lowest BCUT2D eigenvalue weighted by molar-refractivity contribution is -0.146. The molecule has 0 atom stereocenters. The van der Waals surface area contributed by atoms with Gasteiger partial charge >= 0.3 is 12.6 Å². The first-order valence-electron chi connectivity index (χ1n) is 6.76. The number of aromatic nitrogens is 2. The van der Waals surface area contributed by atoms with Crippen molar-refractivity contribution in [2.75, 3.05) is 5.32 Å². The molecular weight excluding hydrogens is 344 g/mol. The number of anilines is 1. The maximum atomic E-state index is 12.4. The van der Waals surface area contributed by atoms with E-state index >= 15 is 0 Å². The molecule has 2 aromatic rings. The number of ether oxygens (including phenoxy) is 1. The van der Waals surface area contributed by atoms with E-state index in [0.717, 1.165) is 11.3 Å². The summed E-state index contributed by atoms with van der Waals surface area (Å²) < 4.78 is 30.3. The van der Waals surface area contributed by atoms with E-state index in [9.17, 15) is 18.4 Å². The smallest absolute Gasteiger partial charge is 0.387 e. The Morgan fingerprint density at radius 2 is 2.12 bits per heavy atom. The highest BCUT2D eigenvalue weighted by molar-refractivity contribution is 7.14. The SMILES string of the molecule is Cc1cc(OC(F)F)c(C(=O)Nc2cnn(C(C)(C)C(=O)O)c2)s1. The van der Waals surface area contributed by atoms with E-state index in [1.807, 2.05) is 0 Å². The van der Waals surface area contributed by atoms with E-state index < -0.39 is 24.0 Å². The number of rotatable bonds is 6. The first-order chi connectivity index (χ1) is 11.1. The minimum absolute atomic E-state index is 0.00181. The quantitative estimate of drug-likeness (QED) is 0.827. The molecule has 0 saturated heterocycles. The summed E-state index contributed by atoms with van der Waals surface area (Å²) in [5.74, 6) is -1.94. The number of hydrogen-bond donors (Lipinski definition) is 2. The Labute approximate surface area is 139 Å². The monoisotopic (exact) mass is 359 g/mol. The number of aliphatic carboxylic acids is 1. The number of carboxylic acids is 1. The van der Waals surface area contributed by atoms with E-state index in [4.69, 9.17) is 5.11 Å². The molecule has 0 aliphatic carbocycles. The van der Waals surface area contributed by atoms with Gasteiger partial charge in [-0.15, -0.1) is 11.3 Å². The minimum atomic E-state index is -3.04. The van der Waals surface area contributed by atoms with Crippen LogP contribution in [0.15, 0.2) is 18.5 Å². The summed E-state index contributed by atoms with van der Waals surface area (Å²) in [5.41, 5.74) is -1.06. The van der Waals surface area contributed by atoms with Crippen molar-refractivity contribution in [3.8, 4) is 5.75 Å². The van der Waals surface area contributed by atoms with Crippen LogP contribution < -0.4 is 10.1 Å². The molecule has 10 heteroatoms. The van der Waals surface area contributed by atoms with Crippen molar-refractivity contribution in [1.29, 1.82) is 0 Å². The van der Waals surface area contributed by atoms with Crippen LogP contribution in [0.5, 0.6) is 5.75 Å². The number of nitrogens with one attached hydrogen (secondary N) is 1. The number of carbonyl (C=O) groups excluding carboxylic acids is 1. The molecule has 0 bridgehead atoms. The summed E-state index contributed by atoms with van der Waals surface area (Å²) in [7, 11) is 0. The van der Waals surface area contributed by atoms with Gasteiger partial charge < -0.3 is 15.2 Å². The van der Waals surface area contributed by atoms with Gasteiger partial charge in [0.25, 0.3) is 5.91 Å². The highest BCUT2D eigenvalue weighted by atomic mass is 32.1. The lowest BCUT2D eigenvalue weighted by Crippen LogP contribution is -2.35. The third kappa shape index (κ3) is 3.70. The van der Waals surface area contributed by atoms with Crippen molar-refractivity contribution in [1.82, 2.24) is 9.78 Å². The number of nitrogens with zero attached hydrogens (tertiary/aromatic N) is 2. The number of hydrogen-bond acceptors (Lipinski definition) is 5. The molecule has 0 aliphatic rings. The molecule has 1 amide bonds. The van der Waals surface area contributed by atoms with Gasteiger partial charge in [-0.2, -0.15) is 13.9 Å². The van der Waals surface area contributed by atoms with Crippen molar-refractivity contribution < 1.29 is 28.2 Å². The van der Waals surface area contributed by atoms with Crippen LogP contribution in [0.1, 0.15) is 28.4 Å². The van der Waals surface area contributed by atoms with Crippen molar-refractivity contribution in [2.24, 2.45) is 0 Å². The molecule has 7 nitrogen and oxygen atoms in total. The summed E-state index contributed by atoms with van der Waals surface area (Å²) in [6, 6.07) is 1.35. The minimum Gasteiger partial charge on any atom is -0.479 e. The third-order valence-electron chi connectivity index (χ3n) is 3.18. The second kappa shape index (κ2) is 6.56. The normalized spacial score (nSPS) is 11.6. The first kappa shape index (κ1) is 17.9. The fraction of sp³-hybridized carbons (Fsp3) is 0.357. The van der Waals surface area contributed by atoms with Crippen LogP contribution in [0.4, 0.5) is 14.5 Å². The second-order valence-electron chi connectivity index (χ2n) is 5.42. The number of carbonyl (C=O) groups is 2. The highest BCUT2D eigenvalue weighted by Gasteiger charge is 2.30. The van der Waals surface area contributed by atoms with Gasteiger partial charge in [-0.3, -0.25) is 9.48 Å². The molecule has 2 aromatic heterocycles. The van der Waals surface area contributed by atoms with Gasteiger partial charge in [0.1, 0.15) is 10.6 Å². The molecule has 24 heavy (non-hydrogen) atoms. The predicted molar refractivity (Wildman–Crippen MR) is 82.8 cm³/mol. The third-order valence-corrected chi connectivity index (χ3v) is 4.21. The maximum absolute atomic E-state index is 12.4. The summed E-state index contributed by atoms with van der Waals surface area (Å²) in [4.78, 5) is 24.1. The zero-order valence-corrected chi connectivity index (χ0v) is 13.9. The van der Waals surface area contributed by atoms with Gasteiger partial charge in [0.2, 0.25) is 0 Å². The Morgan fingerprint density at radius 3 is 2.71 bits per heavy atom. The van der Waals surface area contributed by atoms with Crippen LogP contribution in [-0.4, -0.2) is 33.4 Å². The number of aryl methyl sites for hydroxylation is 1. The van der Waals surface area contributed by atoms with Gasteiger partial charge in [0.05, 0.1) is 11.9 Å². The van der Waals surface area contributed by atoms with Crippen molar-refractivity contribution in [3.05, 3.63) is 28.2 Å². The Balaban J connectivity index is 2.19. The lowest BCUT2D eigenvalue weighted by atomic mass is 10.1. The molecule has 2 N–H and O–H groups in total. The molecule has 0 aromatic carbocycles. The van der Waals surface area contributed by atoms with Crippen LogP contribution in [0, 0.1) is 6.92 Å². The number of amides is 1. The van der Waals surface area contributed by atoms with Crippen LogP contribution in [0.2, 0.25) is 0 Å². The molecule has 0 radical (unpaired) electrons. The van der Waals surface area contributed by atoms with E-state index in [1.54, 1.807) is 6.92 Å². The van der Waals surface area contributed by atoms with Gasteiger partial charge in [0.15, 0.2) is 5.54 Å². The molecule has 0 aliphatic heterocycles. The van der Waals surface area contributed by atoms with Gasteiger partial charge in [-0.05, 0) is 26.8 Å². The molecule has 130 valence electrons. The highest BCUT2D eigenvalue weighted by Crippen LogP contribution is 2.31. The van der Waals surface area contributed by atoms with Crippen LogP contribution >= 0.6 is 11.3 Å². The summed E-state index contributed by atoms with van der Waals surface area (Å²) in [5, 5.41) is 15.5. The molecule has 2 rings (SSSR count). The summed E-state index contributed by atoms with van der Waals surface area (Å²) >= 11 is 1.01.